The van der Waals surface area contributed by atoms with E-state index >= 15 is 0 Å². The van der Waals surface area contributed by atoms with Crippen LogP contribution in [0.5, 0.6) is 0 Å². The van der Waals surface area contributed by atoms with Gasteiger partial charge in [-0.2, -0.15) is 0 Å². The van der Waals surface area contributed by atoms with Gasteiger partial charge in [-0.25, -0.2) is 4.79 Å². The molecule has 0 aromatic rings. The van der Waals surface area contributed by atoms with Crippen LogP contribution in [0, 0.1) is 0 Å². The zero-order chi connectivity index (χ0) is 8.65. The van der Waals surface area contributed by atoms with Crippen molar-refractivity contribution in [1.82, 2.24) is 0 Å². The maximum Gasteiger partial charge on any atom is 0.342 e. The van der Waals surface area contributed by atoms with E-state index in [-0.39, 0.29) is 5.57 Å². The summed E-state index contributed by atoms with van der Waals surface area (Å²) in [5.41, 5.74) is 0.264. The lowest BCUT2D eigenvalue weighted by molar-refractivity contribution is -0.144. The van der Waals surface area contributed by atoms with Gasteiger partial charge in [0.2, 0.25) is 0 Å². The Morgan fingerprint density at radius 2 is 2.00 bits per heavy atom. The zero-order valence-electron chi connectivity index (χ0n) is 6.80. The summed E-state index contributed by atoms with van der Waals surface area (Å²) in [5.74, 6) is -0.512. The van der Waals surface area contributed by atoms with Gasteiger partial charge in [0.1, 0.15) is 11.2 Å². The summed E-state index contributed by atoms with van der Waals surface area (Å²) in [5, 5.41) is 0. The van der Waals surface area contributed by atoms with Gasteiger partial charge in [-0.15, -0.1) is 0 Å². The van der Waals surface area contributed by atoms with E-state index in [1.807, 2.05) is 0 Å². The van der Waals surface area contributed by atoms with Crippen molar-refractivity contribution < 1.29 is 14.3 Å². The van der Waals surface area contributed by atoms with Crippen molar-refractivity contribution in [1.29, 1.82) is 0 Å². The molecular weight excluding hydrogens is 144 g/mol. The fourth-order valence-corrected chi connectivity index (χ4v) is 0.977. The molecule has 0 radical (unpaired) electrons. The largest absolute Gasteiger partial charge is 0.451 e. The lowest BCUT2D eigenvalue weighted by Gasteiger charge is -2.17. The van der Waals surface area contributed by atoms with Gasteiger partial charge in [-0.3, -0.25) is 4.79 Å². The van der Waals surface area contributed by atoms with Crippen molar-refractivity contribution in [2.45, 2.75) is 26.4 Å². The minimum atomic E-state index is -0.604. The SMILES string of the molecule is CC1=C(C=O)C(=O)OC1(C)C. The van der Waals surface area contributed by atoms with Crippen molar-refractivity contribution in [3.8, 4) is 0 Å². The molecule has 0 aromatic heterocycles. The van der Waals surface area contributed by atoms with E-state index < -0.39 is 11.6 Å². The van der Waals surface area contributed by atoms with Crippen LogP contribution in [0.4, 0.5) is 0 Å². The number of esters is 1. The van der Waals surface area contributed by atoms with Crippen LogP contribution in [0.25, 0.3) is 0 Å². The van der Waals surface area contributed by atoms with E-state index in [0.29, 0.717) is 11.9 Å². The van der Waals surface area contributed by atoms with Gasteiger partial charge in [0.05, 0.1) is 0 Å². The van der Waals surface area contributed by atoms with E-state index in [9.17, 15) is 9.59 Å². The predicted molar refractivity (Wildman–Crippen MR) is 38.9 cm³/mol. The van der Waals surface area contributed by atoms with Gasteiger partial charge in [-0.1, -0.05) is 0 Å². The van der Waals surface area contributed by atoms with Crippen LogP contribution in [-0.4, -0.2) is 17.9 Å². The van der Waals surface area contributed by atoms with Crippen LogP contribution in [0.15, 0.2) is 11.1 Å². The van der Waals surface area contributed by atoms with Crippen LogP contribution in [0.3, 0.4) is 0 Å². The fourth-order valence-electron chi connectivity index (χ4n) is 0.977. The monoisotopic (exact) mass is 154 g/mol. The second kappa shape index (κ2) is 2.19. The van der Waals surface area contributed by atoms with Gasteiger partial charge >= 0.3 is 5.97 Å². The van der Waals surface area contributed by atoms with E-state index in [0.717, 1.165) is 0 Å². The van der Waals surface area contributed by atoms with Crippen molar-refractivity contribution >= 4 is 12.3 Å². The van der Waals surface area contributed by atoms with Gasteiger partial charge in [0.25, 0.3) is 0 Å². The maximum atomic E-state index is 10.9. The molecule has 3 nitrogen and oxygen atoms in total. The Kier molecular flexibility index (Phi) is 1.59. The lowest BCUT2D eigenvalue weighted by Crippen LogP contribution is -2.21. The van der Waals surface area contributed by atoms with E-state index in [1.54, 1.807) is 20.8 Å². The summed E-state index contributed by atoms with van der Waals surface area (Å²) in [6, 6.07) is 0. The van der Waals surface area contributed by atoms with Crippen molar-refractivity contribution in [2.75, 3.05) is 0 Å². The van der Waals surface area contributed by atoms with Crippen LogP contribution >= 0.6 is 0 Å². The van der Waals surface area contributed by atoms with Gasteiger partial charge in [0.15, 0.2) is 6.29 Å². The summed E-state index contributed by atoms with van der Waals surface area (Å²) in [6.07, 6.45) is 0.548. The molecule has 0 saturated carbocycles. The first kappa shape index (κ1) is 7.98. The molecule has 1 rings (SSSR count). The molecule has 11 heavy (non-hydrogen) atoms. The molecule has 0 amide bonds. The highest BCUT2D eigenvalue weighted by Crippen LogP contribution is 2.30. The Labute approximate surface area is 65.0 Å². The average molecular weight is 154 g/mol. The van der Waals surface area contributed by atoms with Crippen LogP contribution in [0.1, 0.15) is 20.8 Å². The smallest absolute Gasteiger partial charge is 0.342 e. The standard InChI is InChI=1S/C8H10O3/c1-5-6(4-9)7(10)11-8(5,2)3/h4H,1-3H3. The molecular formula is C8H10O3. The Morgan fingerprint density at radius 1 is 1.45 bits per heavy atom. The molecule has 0 fully saturated rings. The molecule has 0 saturated heterocycles. The third-order valence-electron chi connectivity index (χ3n) is 1.99. The van der Waals surface area contributed by atoms with Crippen molar-refractivity contribution in [3.05, 3.63) is 11.1 Å². The number of cyclic esters (lactones) is 1. The second-order valence-electron chi connectivity index (χ2n) is 3.06. The van der Waals surface area contributed by atoms with Crippen molar-refractivity contribution in [3.63, 3.8) is 0 Å². The highest BCUT2D eigenvalue weighted by molar-refractivity contribution is 6.10. The number of hydrogen-bond donors (Lipinski definition) is 0. The normalized spacial score (nSPS) is 21.9. The number of carbonyl (C=O) groups is 2. The topological polar surface area (TPSA) is 43.4 Å². The number of rotatable bonds is 1. The maximum absolute atomic E-state index is 10.9. The Balaban J connectivity index is 3.14. The molecule has 1 heterocycles. The van der Waals surface area contributed by atoms with Crippen LogP contribution in [0.2, 0.25) is 0 Å². The Morgan fingerprint density at radius 3 is 2.18 bits per heavy atom. The minimum absolute atomic E-state index is 0.162. The van der Waals surface area contributed by atoms with E-state index in [2.05, 4.69) is 0 Å². The molecule has 0 aliphatic carbocycles. The Bertz CT molecular complexity index is 248. The first-order valence-corrected chi connectivity index (χ1v) is 3.39. The van der Waals surface area contributed by atoms with Gasteiger partial charge in [-0.05, 0) is 26.3 Å². The summed E-state index contributed by atoms with van der Waals surface area (Å²) in [4.78, 5) is 21.3. The number of ether oxygens (including phenoxy) is 1. The van der Waals surface area contributed by atoms with Gasteiger partial charge < -0.3 is 4.74 Å². The molecule has 0 N–H and O–H groups in total. The zero-order valence-corrected chi connectivity index (χ0v) is 6.80. The molecule has 0 unspecified atom stereocenters. The number of hydrogen-bond acceptors (Lipinski definition) is 3. The third kappa shape index (κ3) is 1.06. The quantitative estimate of drug-likeness (QED) is 0.319. The molecule has 0 aromatic carbocycles. The lowest BCUT2D eigenvalue weighted by atomic mass is 9.98. The molecule has 60 valence electrons. The Hall–Kier alpha value is -1.12. The number of aldehydes is 1. The number of carbonyl (C=O) groups excluding carboxylic acids is 2. The first-order chi connectivity index (χ1) is 4.99. The first-order valence-electron chi connectivity index (χ1n) is 3.39. The third-order valence-corrected chi connectivity index (χ3v) is 1.99. The average Bonchev–Trinajstić information content (AvgIpc) is 2.04. The molecule has 1 aliphatic rings. The van der Waals surface area contributed by atoms with Gasteiger partial charge in [0, 0.05) is 0 Å². The van der Waals surface area contributed by atoms with Crippen molar-refractivity contribution in [2.24, 2.45) is 0 Å². The highest BCUT2D eigenvalue weighted by atomic mass is 16.6. The summed E-state index contributed by atoms with van der Waals surface area (Å²) in [6.45, 7) is 5.25. The summed E-state index contributed by atoms with van der Waals surface area (Å²) < 4.78 is 4.92. The van der Waals surface area contributed by atoms with Crippen LogP contribution in [-0.2, 0) is 14.3 Å². The molecule has 0 atom stereocenters. The predicted octanol–water partition coefficient (Wildman–Crippen LogP) is 0.837. The highest BCUT2D eigenvalue weighted by Gasteiger charge is 2.37. The van der Waals surface area contributed by atoms with E-state index in [1.165, 1.54) is 0 Å². The molecule has 0 bridgehead atoms. The fraction of sp³-hybridized carbons (Fsp3) is 0.500. The molecule has 1 aliphatic heterocycles. The molecule has 0 spiro atoms. The second-order valence-corrected chi connectivity index (χ2v) is 3.06. The van der Waals surface area contributed by atoms with Crippen LogP contribution < -0.4 is 0 Å². The molecule has 3 heteroatoms. The minimum Gasteiger partial charge on any atom is -0.451 e. The summed E-state index contributed by atoms with van der Waals surface area (Å²) >= 11 is 0. The van der Waals surface area contributed by atoms with E-state index in [4.69, 9.17) is 4.74 Å². The summed E-state index contributed by atoms with van der Waals surface area (Å²) in [7, 11) is 0.